The number of aryl methyl sites for hydroxylation is 1. The summed E-state index contributed by atoms with van der Waals surface area (Å²) in [6, 6.07) is 0. The van der Waals surface area contributed by atoms with E-state index >= 15 is 0 Å². The molecule has 0 atom stereocenters. The molecule has 0 aliphatic rings. The molecule has 0 radical (unpaired) electrons. The second-order valence-electron chi connectivity index (χ2n) is 3.23. The van der Waals surface area contributed by atoms with Gasteiger partial charge in [-0.3, -0.25) is 4.98 Å². The van der Waals surface area contributed by atoms with Crippen molar-refractivity contribution in [3.8, 4) is 10.8 Å². The predicted molar refractivity (Wildman–Crippen MR) is 62.9 cm³/mol. The zero-order valence-electron chi connectivity index (χ0n) is 9.60. The summed E-state index contributed by atoms with van der Waals surface area (Å²) < 4.78 is 10.4. The second-order valence-corrected chi connectivity index (χ2v) is 4.12. The van der Waals surface area contributed by atoms with Gasteiger partial charge in [-0.05, 0) is 13.3 Å². The Morgan fingerprint density at radius 3 is 2.94 bits per heavy atom. The Bertz CT molecular complexity index is 505. The van der Waals surface area contributed by atoms with E-state index in [0.717, 1.165) is 4.88 Å². The van der Waals surface area contributed by atoms with E-state index in [1.54, 1.807) is 18.6 Å². The molecule has 17 heavy (non-hydrogen) atoms. The Kier molecular flexibility index (Phi) is 3.53. The maximum absolute atomic E-state index is 11.6. The van der Waals surface area contributed by atoms with Gasteiger partial charge >= 0.3 is 5.97 Å². The van der Waals surface area contributed by atoms with Crippen molar-refractivity contribution in [2.75, 3.05) is 6.61 Å². The lowest BCUT2D eigenvalue weighted by atomic mass is 10.3. The molecular weight excluding hydrogens is 240 g/mol. The van der Waals surface area contributed by atoms with Crippen molar-refractivity contribution in [1.82, 2.24) is 9.97 Å². The topological polar surface area (TPSA) is 65.2 Å². The molecule has 90 valence electrons. The average Bonchev–Trinajstić information content (AvgIpc) is 2.97. The normalized spacial score (nSPS) is 10.5. The van der Waals surface area contributed by atoms with E-state index < -0.39 is 5.97 Å². The first-order chi connectivity index (χ1) is 8.26. The quantitative estimate of drug-likeness (QED) is 0.782. The maximum Gasteiger partial charge on any atom is 0.376 e. The molecule has 0 unspecified atom stereocenters. The maximum atomic E-state index is 11.6. The van der Waals surface area contributed by atoms with Gasteiger partial charge in [0.2, 0.25) is 11.7 Å². The van der Waals surface area contributed by atoms with Crippen LogP contribution in [0, 0.1) is 0 Å². The summed E-state index contributed by atoms with van der Waals surface area (Å²) >= 11 is 1.41. The van der Waals surface area contributed by atoms with Crippen molar-refractivity contribution < 1.29 is 13.9 Å². The monoisotopic (exact) mass is 252 g/mol. The molecule has 0 bridgehead atoms. The fourth-order valence-electron chi connectivity index (χ4n) is 1.37. The largest absolute Gasteiger partial charge is 0.460 e. The molecule has 2 aromatic heterocycles. The van der Waals surface area contributed by atoms with Crippen molar-refractivity contribution in [3.63, 3.8) is 0 Å². The second kappa shape index (κ2) is 5.09. The number of oxazole rings is 1. The van der Waals surface area contributed by atoms with E-state index in [9.17, 15) is 4.79 Å². The summed E-state index contributed by atoms with van der Waals surface area (Å²) in [6.07, 6.45) is 2.28. The first kappa shape index (κ1) is 11.8. The van der Waals surface area contributed by atoms with Gasteiger partial charge in [-0.2, -0.15) is 0 Å². The summed E-state index contributed by atoms with van der Waals surface area (Å²) in [4.78, 5) is 20.7. The Morgan fingerprint density at radius 2 is 2.35 bits per heavy atom. The van der Waals surface area contributed by atoms with E-state index in [4.69, 9.17) is 9.15 Å². The number of carbonyl (C=O) groups is 1. The van der Waals surface area contributed by atoms with Gasteiger partial charge in [0.05, 0.1) is 24.0 Å². The highest BCUT2D eigenvalue weighted by Crippen LogP contribution is 2.25. The van der Waals surface area contributed by atoms with Gasteiger partial charge in [0.15, 0.2) is 0 Å². The predicted octanol–water partition coefficient (Wildman–Crippen LogP) is 2.54. The summed E-state index contributed by atoms with van der Waals surface area (Å²) in [7, 11) is 0. The highest BCUT2D eigenvalue weighted by Gasteiger charge is 2.21. The number of thiazole rings is 1. The third-order valence-corrected chi connectivity index (χ3v) is 2.90. The van der Waals surface area contributed by atoms with Crippen LogP contribution in [0.15, 0.2) is 16.1 Å². The summed E-state index contributed by atoms with van der Waals surface area (Å²) in [6.45, 7) is 3.99. The minimum Gasteiger partial charge on any atom is -0.460 e. The number of rotatable bonds is 4. The van der Waals surface area contributed by atoms with E-state index in [1.165, 1.54) is 11.3 Å². The highest BCUT2D eigenvalue weighted by molar-refractivity contribution is 7.13. The Morgan fingerprint density at radius 1 is 1.53 bits per heavy atom. The van der Waals surface area contributed by atoms with Gasteiger partial charge < -0.3 is 9.15 Å². The molecule has 0 aromatic carbocycles. The molecule has 0 fully saturated rings. The molecule has 6 heteroatoms. The van der Waals surface area contributed by atoms with Crippen LogP contribution >= 0.6 is 11.3 Å². The molecule has 5 nitrogen and oxygen atoms in total. The van der Waals surface area contributed by atoms with Crippen molar-refractivity contribution in [2.24, 2.45) is 0 Å². The van der Waals surface area contributed by atoms with Gasteiger partial charge in [0.25, 0.3) is 0 Å². The van der Waals surface area contributed by atoms with Crippen LogP contribution < -0.4 is 0 Å². The van der Waals surface area contributed by atoms with Crippen molar-refractivity contribution in [2.45, 2.75) is 20.3 Å². The lowest BCUT2D eigenvalue weighted by Crippen LogP contribution is -2.05. The third-order valence-electron chi connectivity index (χ3n) is 2.14. The zero-order chi connectivity index (χ0) is 12.3. The molecule has 0 N–H and O–H groups in total. The molecule has 0 saturated carbocycles. The van der Waals surface area contributed by atoms with Crippen LogP contribution in [-0.2, 0) is 11.2 Å². The van der Waals surface area contributed by atoms with E-state index in [2.05, 4.69) is 9.97 Å². The van der Waals surface area contributed by atoms with Crippen LogP contribution in [0.1, 0.15) is 30.1 Å². The van der Waals surface area contributed by atoms with Gasteiger partial charge in [-0.1, -0.05) is 6.92 Å². The first-order valence-corrected chi connectivity index (χ1v) is 6.19. The van der Waals surface area contributed by atoms with Crippen LogP contribution in [0.5, 0.6) is 0 Å². The number of nitrogens with zero attached hydrogens (tertiary/aromatic N) is 2. The Labute approximate surface area is 102 Å². The van der Waals surface area contributed by atoms with Gasteiger partial charge in [-0.25, -0.2) is 9.78 Å². The highest BCUT2D eigenvalue weighted by atomic mass is 32.1. The lowest BCUT2D eigenvalue weighted by molar-refractivity contribution is 0.0489. The Balaban J connectivity index is 2.36. The van der Waals surface area contributed by atoms with E-state index in [-0.39, 0.29) is 5.76 Å². The molecule has 0 aliphatic carbocycles. The number of esters is 1. The fourth-order valence-corrected chi connectivity index (χ4v) is 1.92. The number of ether oxygens (including phenoxy) is 1. The SMILES string of the molecule is CCOC(=O)c1oc(-c2cncs2)nc1CC. The molecule has 0 spiro atoms. The van der Waals surface area contributed by atoms with Crippen LogP contribution in [-0.4, -0.2) is 22.5 Å². The zero-order valence-corrected chi connectivity index (χ0v) is 10.4. The van der Waals surface area contributed by atoms with Gasteiger partial charge in [0, 0.05) is 0 Å². The summed E-state index contributed by atoms with van der Waals surface area (Å²) in [5.74, 6) is 0.151. The van der Waals surface area contributed by atoms with Crippen molar-refractivity contribution in [3.05, 3.63) is 23.2 Å². The van der Waals surface area contributed by atoms with Crippen molar-refractivity contribution >= 4 is 17.3 Å². The smallest absolute Gasteiger partial charge is 0.376 e. The number of hydrogen-bond donors (Lipinski definition) is 0. The van der Waals surface area contributed by atoms with Crippen LogP contribution in [0.4, 0.5) is 0 Å². The standard InChI is InChI=1S/C11H12N2O3S/c1-3-7-9(11(14)15-4-2)16-10(13-7)8-5-12-6-17-8/h5-6H,3-4H2,1-2H3. The summed E-state index contributed by atoms with van der Waals surface area (Å²) in [5, 5.41) is 0. The van der Waals surface area contributed by atoms with E-state index in [0.29, 0.717) is 24.6 Å². The van der Waals surface area contributed by atoms with Crippen LogP contribution in [0.3, 0.4) is 0 Å². The first-order valence-electron chi connectivity index (χ1n) is 5.32. The molecule has 2 heterocycles. The molecule has 0 saturated heterocycles. The number of carbonyl (C=O) groups excluding carboxylic acids is 1. The van der Waals surface area contributed by atoms with Crippen LogP contribution in [0.25, 0.3) is 10.8 Å². The lowest BCUT2D eigenvalue weighted by Gasteiger charge is -1.98. The number of aromatic nitrogens is 2. The molecule has 0 aliphatic heterocycles. The Hall–Kier alpha value is -1.69. The molecule has 2 rings (SSSR count). The van der Waals surface area contributed by atoms with Crippen LogP contribution in [0.2, 0.25) is 0 Å². The minimum atomic E-state index is -0.465. The van der Waals surface area contributed by atoms with Crippen molar-refractivity contribution in [1.29, 1.82) is 0 Å². The molecular formula is C11H12N2O3S. The molecule has 0 amide bonds. The van der Waals surface area contributed by atoms with E-state index in [1.807, 2.05) is 6.92 Å². The fraction of sp³-hybridized carbons (Fsp3) is 0.364. The summed E-state index contributed by atoms with van der Waals surface area (Å²) in [5.41, 5.74) is 2.31. The minimum absolute atomic E-state index is 0.192. The van der Waals surface area contributed by atoms with Gasteiger partial charge in [-0.15, -0.1) is 11.3 Å². The average molecular weight is 252 g/mol. The number of hydrogen-bond acceptors (Lipinski definition) is 6. The molecule has 2 aromatic rings. The van der Waals surface area contributed by atoms with Gasteiger partial charge in [0.1, 0.15) is 4.88 Å². The third kappa shape index (κ3) is 2.36.